The SMILES string of the molecule is CC(C)(C)OC(=O)NCC(N)C(=O)O. The first-order valence-corrected chi connectivity index (χ1v) is 4.17. The van der Waals surface area contributed by atoms with E-state index in [-0.39, 0.29) is 6.54 Å². The van der Waals surface area contributed by atoms with E-state index in [4.69, 9.17) is 15.6 Å². The number of rotatable bonds is 3. The first-order chi connectivity index (χ1) is 6.22. The van der Waals surface area contributed by atoms with Gasteiger partial charge in [0, 0.05) is 6.54 Å². The Labute approximate surface area is 82.4 Å². The molecule has 82 valence electrons. The van der Waals surface area contributed by atoms with Crippen molar-refractivity contribution < 1.29 is 19.4 Å². The second-order valence-corrected chi connectivity index (χ2v) is 3.83. The number of hydrogen-bond acceptors (Lipinski definition) is 4. The summed E-state index contributed by atoms with van der Waals surface area (Å²) < 4.78 is 4.87. The van der Waals surface area contributed by atoms with Crippen LogP contribution in [0.3, 0.4) is 0 Å². The minimum atomic E-state index is -1.17. The predicted octanol–water partition coefficient (Wildman–Crippen LogP) is -0.0770. The Bertz CT molecular complexity index is 222. The lowest BCUT2D eigenvalue weighted by Gasteiger charge is -2.20. The molecule has 0 aliphatic rings. The van der Waals surface area contributed by atoms with Gasteiger partial charge in [-0.3, -0.25) is 4.79 Å². The van der Waals surface area contributed by atoms with Gasteiger partial charge in [-0.25, -0.2) is 4.79 Å². The molecule has 0 aromatic rings. The van der Waals surface area contributed by atoms with Crippen LogP contribution in [-0.2, 0) is 9.53 Å². The minimum absolute atomic E-state index is 0.149. The third-order valence-corrected chi connectivity index (χ3v) is 1.18. The average molecular weight is 204 g/mol. The maximum absolute atomic E-state index is 11.0. The molecule has 4 N–H and O–H groups in total. The number of carbonyl (C=O) groups is 2. The van der Waals surface area contributed by atoms with Crippen LogP contribution in [0, 0.1) is 0 Å². The maximum Gasteiger partial charge on any atom is 0.407 e. The van der Waals surface area contributed by atoms with Crippen LogP contribution in [0.5, 0.6) is 0 Å². The normalized spacial score (nSPS) is 13.1. The summed E-state index contributed by atoms with van der Waals surface area (Å²) in [7, 11) is 0. The van der Waals surface area contributed by atoms with Crippen molar-refractivity contribution in [1.82, 2.24) is 5.32 Å². The van der Waals surface area contributed by atoms with Gasteiger partial charge in [-0.15, -0.1) is 0 Å². The van der Waals surface area contributed by atoms with E-state index >= 15 is 0 Å². The summed E-state index contributed by atoms with van der Waals surface area (Å²) in [6.07, 6.45) is -0.672. The highest BCUT2D eigenvalue weighted by Gasteiger charge is 2.18. The molecule has 0 aromatic carbocycles. The summed E-state index contributed by atoms with van der Waals surface area (Å²) in [5.41, 5.74) is 4.56. The van der Waals surface area contributed by atoms with Crippen molar-refractivity contribution in [1.29, 1.82) is 0 Å². The summed E-state index contributed by atoms with van der Waals surface area (Å²) in [5, 5.41) is 10.7. The molecule has 0 saturated carbocycles. The number of alkyl carbamates (subject to hydrolysis) is 1. The summed E-state index contributed by atoms with van der Waals surface area (Å²) in [5.74, 6) is -1.17. The summed E-state index contributed by atoms with van der Waals surface area (Å²) in [6.45, 7) is 4.99. The molecule has 14 heavy (non-hydrogen) atoms. The Hall–Kier alpha value is -1.30. The molecule has 0 rings (SSSR count). The van der Waals surface area contributed by atoms with Crippen molar-refractivity contribution in [3.63, 3.8) is 0 Å². The van der Waals surface area contributed by atoms with Gasteiger partial charge in [0.15, 0.2) is 0 Å². The van der Waals surface area contributed by atoms with Gasteiger partial charge in [-0.2, -0.15) is 0 Å². The number of amides is 1. The van der Waals surface area contributed by atoms with E-state index in [9.17, 15) is 9.59 Å². The third-order valence-electron chi connectivity index (χ3n) is 1.18. The third kappa shape index (κ3) is 6.24. The van der Waals surface area contributed by atoms with Gasteiger partial charge in [-0.1, -0.05) is 0 Å². The van der Waals surface area contributed by atoms with E-state index in [1.807, 2.05) is 0 Å². The monoisotopic (exact) mass is 204 g/mol. The molecule has 0 aliphatic carbocycles. The van der Waals surface area contributed by atoms with E-state index in [0.29, 0.717) is 0 Å². The number of hydrogen-bond donors (Lipinski definition) is 3. The van der Waals surface area contributed by atoms with Crippen LogP contribution in [0.1, 0.15) is 20.8 Å². The van der Waals surface area contributed by atoms with Gasteiger partial charge in [-0.05, 0) is 20.8 Å². The maximum atomic E-state index is 11.0. The van der Waals surface area contributed by atoms with Gasteiger partial charge >= 0.3 is 12.1 Å². The second kappa shape index (κ2) is 4.80. The number of ether oxygens (including phenoxy) is 1. The van der Waals surface area contributed by atoms with E-state index in [0.717, 1.165) is 0 Å². The topological polar surface area (TPSA) is 102 Å². The van der Waals surface area contributed by atoms with Crippen molar-refractivity contribution >= 4 is 12.1 Å². The fraction of sp³-hybridized carbons (Fsp3) is 0.750. The smallest absolute Gasteiger partial charge is 0.407 e. The van der Waals surface area contributed by atoms with Crippen molar-refractivity contribution in [3.8, 4) is 0 Å². The molecular formula is C8H16N2O4. The lowest BCUT2D eigenvalue weighted by molar-refractivity contribution is -0.138. The Morgan fingerprint density at radius 1 is 1.50 bits per heavy atom. The van der Waals surface area contributed by atoms with Gasteiger partial charge in [0.25, 0.3) is 0 Å². The molecule has 0 fully saturated rings. The molecule has 0 spiro atoms. The molecule has 6 nitrogen and oxygen atoms in total. The molecular weight excluding hydrogens is 188 g/mol. The van der Waals surface area contributed by atoms with Gasteiger partial charge in [0.2, 0.25) is 0 Å². The standard InChI is InChI=1S/C8H16N2O4/c1-8(2,3)14-7(13)10-4-5(9)6(11)12/h5H,4,9H2,1-3H3,(H,10,13)(H,11,12). The second-order valence-electron chi connectivity index (χ2n) is 3.83. The van der Waals surface area contributed by atoms with Gasteiger partial charge < -0.3 is 20.9 Å². The van der Waals surface area contributed by atoms with Crippen molar-refractivity contribution in [2.75, 3.05) is 6.54 Å². The van der Waals surface area contributed by atoms with Crippen LogP contribution in [-0.4, -0.2) is 35.4 Å². The number of nitrogens with one attached hydrogen (secondary N) is 1. The predicted molar refractivity (Wildman–Crippen MR) is 49.8 cm³/mol. The quantitative estimate of drug-likeness (QED) is 0.597. The number of carboxylic acids is 1. The van der Waals surface area contributed by atoms with Crippen LogP contribution in [0.2, 0.25) is 0 Å². The zero-order chi connectivity index (χ0) is 11.4. The van der Waals surface area contributed by atoms with Crippen LogP contribution in [0.15, 0.2) is 0 Å². The molecule has 0 aromatic heterocycles. The Kier molecular flexibility index (Phi) is 4.36. The average Bonchev–Trinajstić information content (AvgIpc) is 1.96. The van der Waals surface area contributed by atoms with Crippen LogP contribution in [0.4, 0.5) is 4.79 Å². The fourth-order valence-corrected chi connectivity index (χ4v) is 0.595. The Morgan fingerprint density at radius 3 is 2.36 bits per heavy atom. The van der Waals surface area contributed by atoms with Crippen LogP contribution < -0.4 is 11.1 Å². The lowest BCUT2D eigenvalue weighted by Crippen LogP contribution is -2.44. The molecule has 0 radical (unpaired) electrons. The van der Waals surface area contributed by atoms with Crippen molar-refractivity contribution in [2.45, 2.75) is 32.4 Å². The largest absolute Gasteiger partial charge is 0.480 e. The summed E-state index contributed by atoms with van der Waals surface area (Å²) in [6, 6.07) is -1.11. The van der Waals surface area contributed by atoms with Crippen LogP contribution >= 0.6 is 0 Å². The van der Waals surface area contributed by atoms with Gasteiger partial charge in [0.1, 0.15) is 11.6 Å². The molecule has 0 heterocycles. The van der Waals surface area contributed by atoms with E-state index in [1.54, 1.807) is 20.8 Å². The Morgan fingerprint density at radius 2 is 2.00 bits per heavy atom. The molecule has 0 aliphatic heterocycles. The molecule has 1 amide bonds. The zero-order valence-electron chi connectivity index (χ0n) is 8.53. The van der Waals surface area contributed by atoms with Crippen molar-refractivity contribution in [2.24, 2.45) is 5.73 Å². The molecule has 6 heteroatoms. The molecule has 1 unspecified atom stereocenters. The lowest BCUT2D eigenvalue weighted by atomic mass is 10.2. The zero-order valence-corrected chi connectivity index (χ0v) is 8.53. The highest BCUT2D eigenvalue weighted by atomic mass is 16.6. The highest BCUT2D eigenvalue weighted by Crippen LogP contribution is 2.06. The highest BCUT2D eigenvalue weighted by molar-refractivity contribution is 5.75. The molecule has 0 bridgehead atoms. The number of carbonyl (C=O) groups excluding carboxylic acids is 1. The minimum Gasteiger partial charge on any atom is -0.480 e. The van der Waals surface area contributed by atoms with Crippen LogP contribution in [0.25, 0.3) is 0 Å². The molecule has 1 atom stereocenters. The number of aliphatic carboxylic acids is 1. The van der Waals surface area contributed by atoms with Crippen molar-refractivity contribution in [3.05, 3.63) is 0 Å². The summed E-state index contributed by atoms with van der Waals surface area (Å²) >= 11 is 0. The fourth-order valence-electron chi connectivity index (χ4n) is 0.595. The number of carboxylic acid groups (broad SMARTS) is 1. The first-order valence-electron chi connectivity index (χ1n) is 4.17. The van der Waals surface area contributed by atoms with E-state index < -0.39 is 23.7 Å². The molecule has 0 saturated heterocycles. The Balaban J connectivity index is 3.81. The van der Waals surface area contributed by atoms with E-state index in [2.05, 4.69) is 5.32 Å². The first kappa shape index (κ1) is 12.7. The van der Waals surface area contributed by atoms with E-state index in [1.165, 1.54) is 0 Å². The van der Waals surface area contributed by atoms with Gasteiger partial charge in [0.05, 0.1) is 0 Å². The summed E-state index contributed by atoms with van der Waals surface area (Å²) in [4.78, 5) is 21.3. The number of nitrogens with two attached hydrogens (primary N) is 1.